The number of thioether (sulfide) groups is 1. The van der Waals surface area contributed by atoms with Gasteiger partial charge < -0.3 is 4.90 Å². The van der Waals surface area contributed by atoms with E-state index in [1.807, 2.05) is 44.6 Å². The molecule has 1 amide bonds. The molecule has 2 aromatic rings. The Morgan fingerprint density at radius 1 is 1.40 bits per heavy atom. The van der Waals surface area contributed by atoms with Crippen molar-refractivity contribution in [2.75, 3.05) is 12.8 Å². The fourth-order valence-corrected chi connectivity index (χ4v) is 2.81. The Hall–Kier alpha value is -1.27. The van der Waals surface area contributed by atoms with Crippen LogP contribution < -0.4 is 0 Å². The molecule has 0 aliphatic rings. The predicted octanol–water partition coefficient (Wildman–Crippen LogP) is 2.93. The molecule has 0 unspecified atom stereocenters. The lowest BCUT2D eigenvalue weighted by atomic mass is 10.3. The molecule has 1 aromatic carbocycles. The molecule has 0 bridgehead atoms. The zero-order valence-corrected chi connectivity index (χ0v) is 13.8. The molecule has 0 atom stereocenters. The summed E-state index contributed by atoms with van der Waals surface area (Å²) in [4.78, 5) is 14.9. The van der Waals surface area contributed by atoms with Crippen molar-refractivity contribution in [2.45, 2.75) is 11.4 Å². The quantitative estimate of drug-likeness (QED) is 0.775. The Labute approximate surface area is 131 Å². The van der Waals surface area contributed by atoms with Gasteiger partial charge in [0, 0.05) is 41.8 Å². The van der Waals surface area contributed by atoms with E-state index in [4.69, 9.17) is 0 Å². The van der Waals surface area contributed by atoms with E-state index in [0.717, 1.165) is 14.9 Å². The minimum Gasteiger partial charge on any atom is -0.341 e. The van der Waals surface area contributed by atoms with E-state index in [9.17, 15) is 4.79 Å². The second kappa shape index (κ2) is 6.95. The predicted molar refractivity (Wildman–Crippen MR) is 84.5 cm³/mol. The number of carbonyl (C=O) groups excluding carboxylic acids is 1. The molecule has 1 heterocycles. The van der Waals surface area contributed by atoms with Crippen molar-refractivity contribution >= 4 is 33.6 Å². The number of nitrogens with zero attached hydrogens (tertiary/aromatic N) is 3. The lowest BCUT2D eigenvalue weighted by molar-refractivity contribution is -0.127. The molecular formula is C14H16BrN3OS. The van der Waals surface area contributed by atoms with E-state index in [1.165, 1.54) is 0 Å². The molecule has 4 nitrogen and oxygen atoms in total. The standard InChI is InChI=1S/C14H16BrN3OS/c1-17(8-11-7-16-18(2)9-11)14(19)10-20-13-5-3-12(15)4-6-13/h3-7,9H,8,10H2,1-2H3. The summed E-state index contributed by atoms with van der Waals surface area (Å²) in [6, 6.07) is 7.96. The van der Waals surface area contributed by atoms with Gasteiger partial charge in [0.05, 0.1) is 11.9 Å². The number of rotatable bonds is 5. The lowest BCUT2D eigenvalue weighted by Gasteiger charge is -2.15. The minimum atomic E-state index is 0.113. The van der Waals surface area contributed by atoms with Crippen molar-refractivity contribution in [3.63, 3.8) is 0 Å². The van der Waals surface area contributed by atoms with Crippen molar-refractivity contribution in [3.8, 4) is 0 Å². The monoisotopic (exact) mass is 353 g/mol. The highest BCUT2D eigenvalue weighted by molar-refractivity contribution is 9.10. The number of hydrogen-bond acceptors (Lipinski definition) is 3. The van der Waals surface area contributed by atoms with E-state index in [1.54, 1.807) is 27.5 Å². The van der Waals surface area contributed by atoms with Crippen LogP contribution >= 0.6 is 27.7 Å². The SMILES string of the molecule is CN(Cc1cnn(C)c1)C(=O)CSc1ccc(Br)cc1. The largest absolute Gasteiger partial charge is 0.341 e. The summed E-state index contributed by atoms with van der Waals surface area (Å²) < 4.78 is 2.78. The first-order chi connectivity index (χ1) is 9.54. The topological polar surface area (TPSA) is 38.1 Å². The van der Waals surface area contributed by atoms with Gasteiger partial charge >= 0.3 is 0 Å². The van der Waals surface area contributed by atoms with Gasteiger partial charge in [-0.05, 0) is 24.3 Å². The summed E-state index contributed by atoms with van der Waals surface area (Å²) in [6.45, 7) is 0.591. The first-order valence-corrected chi connectivity index (χ1v) is 7.92. The molecule has 0 N–H and O–H groups in total. The molecule has 6 heteroatoms. The number of carbonyl (C=O) groups is 1. The Morgan fingerprint density at radius 3 is 2.70 bits per heavy atom. The Morgan fingerprint density at radius 2 is 2.10 bits per heavy atom. The number of aromatic nitrogens is 2. The molecular weight excluding hydrogens is 338 g/mol. The maximum atomic E-state index is 12.1. The molecule has 20 heavy (non-hydrogen) atoms. The third-order valence-electron chi connectivity index (χ3n) is 2.78. The van der Waals surface area contributed by atoms with Crippen molar-refractivity contribution in [3.05, 3.63) is 46.7 Å². The number of amides is 1. The van der Waals surface area contributed by atoms with E-state index >= 15 is 0 Å². The molecule has 0 saturated heterocycles. The second-order valence-corrected chi connectivity index (χ2v) is 6.48. The summed E-state index contributed by atoms with van der Waals surface area (Å²) >= 11 is 4.94. The van der Waals surface area contributed by atoms with E-state index in [0.29, 0.717) is 12.3 Å². The summed E-state index contributed by atoms with van der Waals surface area (Å²) in [7, 11) is 3.69. The normalized spacial score (nSPS) is 10.6. The van der Waals surface area contributed by atoms with Gasteiger partial charge in [0.15, 0.2) is 0 Å². The van der Waals surface area contributed by atoms with Gasteiger partial charge in [-0.15, -0.1) is 11.8 Å². The molecule has 2 rings (SSSR count). The fraction of sp³-hybridized carbons (Fsp3) is 0.286. The highest BCUT2D eigenvalue weighted by atomic mass is 79.9. The Kier molecular flexibility index (Phi) is 5.25. The van der Waals surface area contributed by atoms with Gasteiger partial charge in [0.1, 0.15) is 0 Å². The molecule has 1 aromatic heterocycles. The van der Waals surface area contributed by atoms with Crippen molar-refractivity contribution < 1.29 is 4.79 Å². The second-order valence-electron chi connectivity index (χ2n) is 4.51. The van der Waals surface area contributed by atoms with Crippen molar-refractivity contribution in [1.82, 2.24) is 14.7 Å². The number of hydrogen-bond donors (Lipinski definition) is 0. The number of benzene rings is 1. The van der Waals surface area contributed by atoms with Crippen LogP contribution in [-0.2, 0) is 18.4 Å². The van der Waals surface area contributed by atoms with E-state index < -0.39 is 0 Å². The first kappa shape index (κ1) is 15.1. The minimum absolute atomic E-state index is 0.113. The average Bonchev–Trinajstić information content (AvgIpc) is 2.83. The van der Waals surface area contributed by atoms with Crippen LogP contribution in [-0.4, -0.2) is 33.4 Å². The van der Waals surface area contributed by atoms with Gasteiger partial charge in [0.25, 0.3) is 0 Å². The van der Waals surface area contributed by atoms with Gasteiger partial charge in [-0.3, -0.25) is 9.48 Å². The van der Waals surface area contributed by atoms with Crippen LogP contribution in [0.15, 0.2) is 46.0 Å². The van der Waals surface area contributed by atoms with Crippen LogP contribution in [0.25, 0.3) is 0 Å². The zero-order chi connectivity index (χ0) is 14.5. The molecule has 0 aliphatic carbocycles. The molecule has 106 valence electrons. The third kappa shape index (κ3) is 4.38. The van der Waals surface area contributed by atoms with Gasteiger partial charge in [-0.2, -0.15) is 5.10 Å². The smallest absolute Gasteiger partial charge is 0.232 e. The summed E-state index contributed by atoms with van der Waals surface area (Å²) in [6.07, 6.45) is 3.71. The van der Waals surface area contributed by atoms with Crippen molar-refractivity contribution in [1.29, 1.82) is 0 Å². The molecule has 0 radical (unpaired) electrons. The van der Waals surface area contributed by atoms with Crippen molar-refractivity contribution in [2.24, 2.45) is 7.05 Å². The van der Waals surface area contributed by atoms with Gasteiger partial charge in [-0.25, -0.2) is 0 Å². The van der Waals surface area contributed by atoms with E-state index in [2.05, 4.69) is 21.0 Å². The Balaban J connectivity index is 1.83. The third-order valence-corrected chi connectivity index (χ3v) is 4.31. The van der Waals surface area contributed by atoms with Crippen LogP contribution in [0.5, 0.6) is 0 Å². The van der Waals surface area contributed by atoms with Crippen LogP contribution in [0, 0.1) is 0 Å². The van der Waals surface area contributed by atoms with E-state index in [-0.39, 0.29) is 5.91 Å². The van der Waals surface area contributed by atoms with Crippen LogP contribution in [0.2, 0.25) is 0 Å². The van der Waals surface area contributed by atoms with Crippen LogP contribution in [0.1, 0.15) is 5.56 Å². The molecule has 0 spiro atoms. The molecule has 0 fully saturated rings. The average molecular weight is 354 g/mol. The number of aryl methyl sites for hydroxylation is 1. The summed E-state index contributed by atoms with van der Waals surface area (Å²) in [5, 5.41) is 4.10. The maximum absolute atomic E-state index is 12.1. The maximum Gasteiger partial charge on any atom is 0.232 e. The zero-order valence-electron chi connectivity index (χ0n) is 11.4. The highest BCUT2D eigenvalue weighted by Gasteiger charge is 2.10. The summed E-state index contributed by atoms with van der Waals surface area (Å²) in [5.74, 6) is 0.556. The van der Waals surface area contributed by atoms with Crippen LogP contribution in [0.4, 0.5) is 0 Å². The Bertz CT molecular complexity index is 582. The fourth-order valence-electron chi connectivity index (χ4n) is 1.70. The first-order valence-electron chi connectivity index (χ1n) is 6.14. The van der Waals surface area contributed by atoms with Crippen LogP contribution in [0.3, 0.4) is 0 Å². The summed E-state index contributed by atoms with van der Waals surface area (Å²) in [5.41, 5.74) is 1.04. The van der Waals surface area contributed by atoms with Gasteiger partial charge in [-0.1, -0.05) is 15.9 Å². The molecule has 0 aliphatic heterocycles. The number of halogens is 1. The highest BCUT2D eigenvalue weighted by Crippen LogP contribution is 2.21. The molecule has 0 saturated carbocycles. The van der Waals surface area contributed by atoms with Gasteiger partial charge in [0.2, 0.25) is 5.91 Å². The lowest BCUT2D eigenvalue weighted by Crippen LogP contribution is -2.27.